The summed E-state index contributed by atoms with van der Waals surface area (Å²) in [7, 11) is 0. The lowest BCUT2D eigenvalue weighted by Gasteiger charge is -2.40. The van der Waals surface area contributed by atoms with Crippen molar-refractivity contribution < 1.29 is 29.0 Å². The summed E-state index contributed by atoms with van der Waals surface area (Å²) in [6.07, 6.45) is 4.78. The molecule has 2 bridgehead atoms. The Morgan fingerprint density at radius 2 is 2.00 bits per heavy atom. The Morgan fingerprint density at radius 1 is 1.27 bits per heavy atom. The highest BCUT2D eigenvalue weighted by atomic mass is 16.6. The first-order valence-corrected chi connectivity index (χ1v) is 13.1. The van der Waals surface area contributed by atoms with E-state index in [9.17, 15) is 19.5 Å². The molecule has 6 atom stereocenters. The van der Waals surface area contributed by atoms with E-state index in [0.29, 0.717) is 32.2 Å². The second-order valence-corrected chi connectivity index (χ2v) is 10.4. The van der Waals surface area contributed by atoms with Gasteiger partial charge < -0.3 is 24.4 Å². The van der Waals surface area contributed by atoms with Gasteiger partial charge in [-0.25, -0.2) is 0 Å². The molecule has 0 radical (unpaired) electrons. The molecule has 1 N–H and O–H groups in total. The maximum absolute atomic E-state index is 14.2. The molecule has 0 aliphatic carbocycles. The van der Waals surface area contributed by atoms with Crippen LogP contribution in [0.3, 0.4) is 0 Å². The summed E-state index contributed by atoms with van der Waals surface area (Å²) in [5, 5.41) is 10.5. The smallest absolute Gasteiger partial charge is 0.312 e. The molecule has 3 heterocycles. The molecule has 3 saturated heterocycles. The van der Waals surface area contributed by atoms with Crippen molar-refractivity contribution in [2.24, 2.45) is 11.8 Å². The van der Waals surface area contributed by atoms with Gasteiger partial charge in [-0.05, 0) is 45.1 Å². The van der Waals surface area contributed by atoms with Crippen LogP contribution in [0.4, 0.5) is 0 Å². The van der Waals surface area contributed by atoms with Crippen molar-refractivity contribution in [1.29, 1.82) is 0 Å². The predicted molar refractivity (Wildman–Crippen MR) is 138 cm³/mol. The van der Waals surface area contributed by atoms with E-state index < -0.39 is 41.6 Å². The molecular formula is C29H38N2O6. The largest absolute Gasteiger partial charge is 0.465 e. The van der Waals surface area contributed by atoms with Crippen LogP contribution < -0.4 is 0 Å². The molecule has 8 heteroatoms. The molecule has 0 aromatic heterocycles. The van der Waals surface area contributed by atoms with E-state index in [-0.39, 0.29) is 31.1 Å². The number of esters is 1. The lowest BCUT2D eigenvalue weighted by molar-refractivity contribution is -0.156. The second-order valence-electron chi connectivity index (χ2n) is 10.4. The fourth-order valence-electron chi connectivity index (χ4n) is 6.36. The number of hydrogen-bond acceptors (Lipinski definition) is 6. The highest BCUT2D eigenvalue weighted by molar-refractivity contribution is 5.98. The van der Waals surface area contributed by atoms with Gasteiger partial charge in [0.2, 0.25) is 11.8 Å². The van der Waals surface area contributed by atoms with Crippen LogP contribution in [0.1, 0.15) is 38.7 Å². The minimum atomic E-state index is -1.14. The van der Waals surface area contributed by atoms with Gasteiger partial charge in [-0.3, -0.25) is 14.4 Å². The summed E-state index contributed by atoms with van der Waals surface area (Å²) >= 11 is 0. The minimum absolute atomic E-state index is 0.141. The van der Waals surface area contributed by atoms with Crippen molar-refractivity contribution >= 4 is 17.8 Å². The summed E-state index contributed by atoms with van der Waals surface area (Å²) < 4.78 is 12.0. The molecule has 4 rings (SSSR count). The number of ether oxygens (including phenoxy) is 2. The minimum Gasteiger partial charge on any atom is -0.465 e. The third-order valence-electron chi connectivity index (χ3n) is 7.96. The zero-order chi connectivity index (χ0) is 26.7. The molecule has 1 spiro atoms. The van der Waals surface area contributed by atoms with Gasteiger partial charge in [0.05, 0.1) is 37.2 Å². The van der Waals surface area contributed by atoms with E-state index in [1.54, 1.807) is 17.1 Å². The van der Waals surface area contributed by atoms with Crippen LogP contribution in [0.2, 0.25) is 0 Å². The van der Waals surface area contributed by atoms with Crippen molar-refractivity contribution in [2.45, 2.75) is 69.4 Å². The Bertz CT molecular complexity index is 1030. The Morgan fingerprint density at radius 3 is 2.62 bits per heavy atom. The van der Waals surface area contributed by atoms with Gasteiger partial charge in [0.25, 0.3) is 0 Å². The van der Waals surface area contributed by atoms with Crippen molar-refractivity contribution in [3.05, 3.63) is 61.2 Å². The van der Waals surface area contributed by atoms with E-state index in [2.05, 4.69) is 13.2 Å². The van der Waals surface area contributed by atoms with Gasteiger partial charge in [-0.2, -0.15) is 0 Å². The number of amides is 2. The maximum atomic E-state index is 14.2. The van der Waals surface area contributed by atoms with E-state index >= 15 is 0 Å². The highest BCUT2D eigenvalue weighted by Crippen LogP contribution is 2.59. The summed E-state index contributed by atoms with van der Waals surface area (Å²) in [5.41, 5.74) is -0.202. The zero-order valence-corrected chi connectivity index (χ0v) is 21.8. The molecule has 2 unspecified atom stereocenters. The van der Waals surface area contributed by atoms with Crippen LogP contribution in [0.25, 0.3) is 0 Å². The summed E-state index contributed by atoms with van der Waals surface area (Å²) in [6.45, 7) is 11.5. The molecule has 2 amide bonds. The number of likely N-dealkylation sites (tertiary alicyclic amines) is 1. The first-order chi connectivity index (χ1) is 17.8. The Labute approximate surface area is 218 Å². The first-order valence-electron chi connectivity index (χ1n) is 13.1. The van der Waals surface area contributed by atoms with Gasteiger partial charge >= 0.3 is 5.97 Å². The number of aliphatic hydroxyl groups excluding tert-OH is 1. The average Bonchev–Trinajstić information content (AvgIpc) is 3.53. The van der Waals surface area contributed by atoms with Gasteiger partial charge in [0, 0.05) is 12.6 Å². The fourth-order valence-corrected chi connectivity index (χ4v) is 6.36. The summed E-state index contributed by atoms with van der Waals surface area (Å²) in [5.74, 6) is -2.68. The first kappa shape index (κ1) is 27.1. The SMILES string of the molecule is C=CCCOC(=O)[C@@H]1[C@@H]2CCC3(O2)C(C(=O)N(CC=C)C(C)C)N([C@@H](CO)Cc2ccccc2)C(=O)[C@H]13. The number of carbonyl (C=O) groups excluding carboxylic acids is 3. The molecule has 8 nitrogen and oxygen atoms in total. The molecule has 200 valence electrons. The van der Waals surface area contributed by atoms with Crippen LogP contribution in [0.15, 0.2) is 55.6 Å². The van der Waals surface area contributed by atoms with Gasteiger partial charge in [0.15, 0.2) is 0 Å². The van der Waals surface area contributed by atoms with Crippen LogP contribution >= 0.6 is 0 Å². The summed E-state index contributed by atoms with van der Waals surface area (Å²) in [4.78, 5) is 44.8. The van der Waals surface area contributed by atoms with Crippen molar-refractivity contribution in [2.75, 3.05) is 19.8 Å². The molecule has 0 saturated carbocycles. The number of benzene rings is 1. The normalized spacial score (nSPS) is 28.8. The number of rotatable bonds is 12. The van der Waals surface area contributed by atoms with Crippen LogP contribution in [-0.4, -0.2) is 82.3 Å². The standard InChI is InChI=1S/C29H38N2O6/c1-5-7-16-36-28(35)23-22-13-14-29(37-22)24(23)26(33)31(21(18-32)17-20-11-9-8-10-12-20)25(29)27(34)30(15-6-2)19(3)4/h5-6,8-12,19,21-25,32H,1-2,7,13-18H2,3-4H3/t21-,22+,23-,24+,25?,29?/m1/s1. The number of aliphatic hydroxyl groups is 1. The number of carbonyl (C=O) groups is 3. The van der Waals surface area contributed by atoms with Crippen molar-refractivity contribution in [3.8, 4) is 0 Å². The molecule has 3 aliphatic rings. The molecule has 37 heavy (non-hydrogen) atoms. The third-order valence-corrected chi connectivity index (χ3v) is 7.96. The van der Waals surface area contributed by atoms with Crippen LogP contribution in [0.5, 0.6) is 0 Å². The van der Waals surface area contributed by atoms with E-state index in [0.717, 1.165) is 5.56 Å². The lowest BCUT2D eigenvalue weighted by atomic mass is 9.70. The summed E-state index contributed by atoms with van der Waals surface area (Å²) in [6, 6.07) is 7.81. The zero-order valence-electron chi connectivity index (χ0n) is 21.8. The van der Waals surface area contributed by atoms with Gasteiger partial charge in [-0.1, -0.05) is 42.5 Å². The fraction of sp³-hybridized carbons (Fsp3) is 0.552. The number of fused-ring (bicyclic) bond motifs is 1. The van der Waals surface area contributed by atoms with Gasteiger partial charge in [0.1, 0.15) is 11.6 Å². The predicted octanol–water partition coefficient (Wildman–Crippen LogP) is 2.51. The Balaban J connectivity index is 1.75. The molecule has 1 aromatic carbocycles. The third kappa shape index (κ3) is 4.73. The van der Waals surface area contributed by atoms with Crippen LogP contribution in [-0.2, 0) is 30.3 Å². The van der Waals surface area contributed by atoms with Crippen molar-refractivity contribution in [1.82, 2.24) is 9.80 Å². The number of hydrogen-bond donors (Lipinski definition) is 1. The molecule has 3 aliphatic heterocycles. The lowest BCUT2D eigenvalue weighted by Crippen LogP contribution is -2.60. The number of nitrogens with zero attached hydrogens (tertiary/aromatic N) is 2. The van der Waals surface area contributed by atoms with E-state index in [1.807, 2.05) is 44.2 Å². The Hall–Kier alpha value is -2.97. The van der Waals surface area contributed by atoms with Gasteiger partial charge in [-0.15, -0.1) is 13.2 Å². The monoisotopic (exact) mass is 510 g/mol. The molecular weight excluding hydrogens is 472 g/mol. The molecule has 1 aromatic rings. The highest BCUT2D eigenvalue weighted by Gasteiger charge is 2.75. The van der Waals surface area contributed by atoms with Crippen LogP contribution in [0, 0.1) is 11.8 Å². The Kier molecular flexibility index (Phi) is 8.19. The average molecular weight is 511 g/mol. The molecule has 3 fully saturated rings. The second kappa shape index (κ2) is 11.2. The van der Waals surface area contributed by atoms with Crippen molar-refractivity contribution in [3.63, 3.8) is 0 Å². The quantitative estimate of drug-likeness (QED) is 0.264. The van der Waals surface area contributed by atoms with E-state index in [4.69, 9.17) is 9.47 Å². The van der Waals surface area contributed by atoms with E-state index in [1.165, 1.54) is 4.90 Å². The maximum Gasteiger partial charge on any atom is 0.312 e. The topological polar surface area (TPSA) is 96.4 Å².